The summed E-state index contributed by atoms with van der Waals surface area (Å²) in [5.74, 6) is -1.53. The third kappa shape index (κ3) is 3.39. The first-order valence-electron chi connectivity index (χ1n) is 8.91. The van der Waals surface area contributed by atoms with E-state index in [1.54, 1.807) is 24.3 Å². The lowest BCUT2D eigenvalue weighted by Gasteiger charge is -2.13. The predicted octanol–water partition coefficient (Wildman–Crippen LogP) is 3.59. The molecule has 0 bridgehead atoms. The van der Waals surface area contributed by atoms with Crippen molar-refractivity contribution in [3.63, 3.8) is 0 Å². The highest BCUT2D eigenvalue weighted by Gasteiger charge is 2.36. The van der Waals surface area contributed by atoms with Crippen LogP contribution in [0.25, 0.3) is 10.9 Å². The molecule has 142 valence electrons. The van der Waals surface area contributed by atoms with E-state index in [4.69, 9.17) is 16.3 Å². The molecule has 1 aliphatic rings. The first kappa shape index (κ1) is 18.3. The van der Waals surface area contributed by atoms with Gasteiger partial charge in [-0.3, -0.25) is 19.3 Å². The van der Waals surface area contributed by atoms with Crippen LogP contribution in [-0.2, 0) is 16.0 Å². The summed E-state index contributed by atoms with van der Waals surface area (Å²) in [6.07, 6.45) is 3.25. The number of amides is 2. The quantitative estimate of drug-likeness (QED) is 0.392. The van der Waals surface area contributed by atoms with Gasteiger partial charge in [-0.25, -0.2) is 0 Å². The molecule has 1 aliphatic heterocycles. The minimum absolute atomic E-state index is 0.204. The smallest absolute Gasteiger partial charge is 0.326 e. The van der Waals surface area contributed by atoms with E-state index in [2.05, 4.69) is 4.98 Å². The summed E-state index contributed by atoms with van der Waals surface area (Å²) in [6.45, 7) is -0.176. The number of carbonyl (C=O) groups excluding carboxylic acids is 3. The second kappa shape index (κ2) is 7.48. The number of fused-ring (bicyclic) bond motifs is 2. The van der Waals surface area contributed by atoms with Crippen molar-refractivity contribution in [3.8, 4) is 0 Å². The van der Waals surface area contributed by atoms with E-state index in [9.17, 15) is 14.4 Å². The molecule has 0 fully saturated rings. The Morgan fingerprint density at radius 1 is 1.07 bits per heavy atom. The average molecular weight is 397 g/mol. The van der Waals surface area contributed by atoms with Gasteiger partial charge in [-0.1, -0.05) is 23.7 Å². The van der Waals surface area contributed by atoms with Gasteiger partial charge in [0, 0.05) is 22.1 Å². The molecule has 6 nitrogen and oxygen atoms in total. The minimum atomic E-state index is -0.600. The maximum atomic E-state index is 12.3. The van der Waals surface area contributed by atoms with Crippen LogP contribution >= 0.6 is 11.6 Å². The van der Waals surface area contributed by atoms with Gasteiger partial charge in [0.1, 0.15) is 6.54 Å². The normalized spacial score (nSPS) is 13.2. The van der Waals surface area contributed by atoms with Crippen molar-refractivity contribution in [3.05, 3.63) is 70.4 Å². The van der Waals surface area contributed by atoms with Gasteiger partial charge in [0.2, 0.25) is 0 Å². The largest absolute Gasteiger partial charge is 0.464 e. The summed E-state index contributed by atoms with van der Waals surface area (Å²) in [5, 5.41) is 1.71. The van der Waals surface area contributed by atoms with Gasteiger partial charge >= 0.3 is 5.97 Å². The van der Waals surface area contributed by atoms with Crippen LogP contribution in [0.5, 0.6) is 0 Å². The number of aryl methyl sites for hydroxylation is 1. The number of nitrogens with zero attached hydrogens (tertiary/aromatic N) is 1. The summed E-state index contributed by atoms with van der Waals surface area (Å²) in [5.41, 5.74) is 2.73. The van der Waals surface area contributed by atoms with E-state index >= 15 is 0 Å². The van der Waals surface area contributed by atoms with Crippen LogP contribution in [0.3, 0.4) is 0 Å². The maximum Gasteiger partial charge on any atom is 0.326 e. The SMILES string of the molecule is O=C(CN1C(=O)c2ccccc2C1=O)OCCCc1c[nH]c2ccc(Cl)cc12. The fraction of sp³-hybridized carbons (Fsp3) is 0.190. The van der Waals surface area contributed by atoms with Crippen LogP contribution in [0, 0.1) is 0 Å². The van der Waals surface area contributed by atoms with E-state index < -0.39 is 17.8 Å². The van der Waals surface area contributed by atoms with E-state index in [1.165, 1.54) is 0 Å². The molecule has 1 N–H and O–H groups in total. The van der Waals surface area contributed by atoms with E-state index in [-0.39, 0.29) is 13.2 Å². The number of ether oxygens (including phenoxy) is 1. The first-order chi connectivity index (χ1) is 13.5. The zero-order valence-electron chi connectivity index (χ0n) is 14.9. The summed E-state index contributed by atoms with van der Waals surface area (Å²) < 4.78 is 5.21. The Hall–Kier alpha value is -3.12. The zero-order chi connectivity index (χ0) is 19.7. The molecule has 4 rings (SSSR count). The number of hydrogen-bond donors (Lipinski definition) is 1. The maximum absolute atomic E-state index is 12.3. The minimum Gasteiger partial charge on any atom is -0.464 e. The standard InChI is InChI=1S/C21H17ClN2O4/c22-14-7-8-18-17(10-14)13(11-23-18)4-3-9-28-19(25)12-24-20(26)15-5-1-2-6-16(15)21(24)27/h1-2,5-8,10-11,23H,3-4,9,12H2. The second-order valence-corrected chi connectivity index (χ2v) is 7.01. The fourth-order valence-corrected chi connectivity index (χ4v) is 3.54. The highest BCUT2D eigenvalue weighted by Crippen LogP contribution is 2.24. The van der Waals surface area contributed by atoms with Gasteiger partial charge < -0.3 is 9.72 Å². The number of esters is 1. The van der Waals surface area contributed by atoms with Crippen LogP contribution in [0.4, 0.5) is 0 Å². The van der Waals surface area contributed by atoms with Crippen molar-refractivity contribution in [1.29, 1.82) is 0 Å². The van der Waals surface area contributed by atoms with Crippen molar-refractivity contribution in [2.45, 2.75) is 12.8 Å². The molecule has 3 aromatic rings. The predicted molar refractivity (Wildman–Crippen MR) is 104 cm³/mol. The van der Waals surface area contributed by atoms with Crippen molar-refractivity contribution < 1.29 is 19.1 Å². The third-order valence-electron chi connectivity index (χ3n) is 4.75. The lowest BCUT2D eigenvalue weighted by atomic mass is 10.1. The summed E-state index contributed by atoms with van der Waals surface area (Å²) in [4.78, 5) is 40.7. The van der Waals surface area contributed by atoms with Crippen LogP contribution in [0.2, 0.25) is 5.02 Å². The van der Waals surface area contributed by atoms with Gasteiger partial charge in [-0.05, 0) is 48.7 Å². The molecule has 28 heavy (non-hydrogen) atoms. The Labute approximate surface area is 166 Å². The van der Waals surface area contributed by atoms with E-state index in [0.29, 0.717) is 29.0 Å². The van der Waals surface area contributed by atoms with Crippen LogP contribution in [0.15, 0.2) is 48.7 Å². The zero-order valence-corrected chi connectivity index (χ0v) is 15.7. The molecule has 0 aliphatic carbocycles. The summed E-state index contributed by atoms with van der Waals surface area (Å²) in [7, 11) is 0. The molecular formula is C21H17ClN2O4. The van der Waals surface area contributed by atoms with Crippen LogP contribution in [-0.4, -0.2) is 40.8 Å². The Morgan fingerprint density at radius 3 is 2.50 bits per heavy atom. The highest BCUT2D eigenvalue weighted by atomic mass is 35.5. The average Bonchev–Trinajstić information content (AvgIpc) is 3.20. The first-order valence-corrected chi connectivity index (χ1v) is 9.29. The number of hydrogen-bond acceptors (Lipinski definition) is 4. The number of benzene rings is 2. The van der Waals surface area contributed by atoms with Gasteiger partial charge in [0.15, 0.2) is 0 Å². The molecule has 0 saturated carbocycles. The third-order valence-corrected chi connectivity index (χ3v) is 4.98. The number of aromatic nitrogens is 1. The molecule has 7 heteroatoms. The number of aromatic amines is 1. The monoisotopic (exact) mass is 396 g/mol. The number of H-pyrrole nitrogens is 1. The molecule has 2 aromatic carbocycles. The topological polar surface area (TPSA) is 79.5 Å². The number of rotatable bonds is 6. The van der Waals surface area contributed by atoms with Gasteiger partial charge in [0.05, 0.1) is 17.7 Å². The number of halogens is 1. The highest BCUT2D eigenvalue weighted by molar-refractivity contribution is 6.31. The molecule has 0 atom stereocenters. The Kier molecular flexibility index (Phi) is 4.88. The molecule has 2 heterocycles. The van der Waals surface area contributed by atoms with Crippen molar-refractivity contribution >= 4 is 40.3 Å². The molecule has 0 radical (unpaired) electrons. The van der Waals surface area contributed by atoms with E-state index in [1.807, 2.05) is 24.4 Å². The molecular weight excluding hydrogens is 380 g/mol. The van der Waals surface area contributed by atoms with Crippen LogP contribution < -0.4 is 0 Å². The van der Waals surface area contributed by atoms with Gasteiger partial charge in [-0.15, -0.1) is 0 Å². The fourth-order valence-electron chi connectivity index (χ4n) is 3.36. The summed E-state index contributed by atoms with van der Waals surface area (Å²) in [6, 6.07) is 12.2. The number of nitrogens with one attached hydrogen (secondary N) is 1. The number of imide groups is 1. The molecule has 1 aromatic heterocycles. The van der Waals surface area contributed by atoms with Crippen molar-refractivity contribution in [2.75, 3.05) is 13.2 Å². The van der Waals surface area contributed by atoms with Gasteiger partial charge in [0.25, 0.3) is 11.8 Å². The van der Waals surface area contributed by atoms with E-state index in [0.717, 1.165) is 21.4 Å². The Balaban J connectivity index is 1.29. The molecule has 0 unspecified atom stereocenters. The number of carbonyl (C=O) groups is 3. The molecule has 0 spiro atoms. The second-order valence-electron chi connectivity index (χ2n) is 6.57. The van der Waals surface area contributed by atoms with Crippen LogP contribution in [0.1, 0.15) is 32.7 Å². The molecule has 2 amide bonds. The Bertz CT molecular complexity index is 1050. The lowest BCUT2D eigenvalue weighted by molar-refractivity contribution is -0.144. The molecule has 0 saturated heterocycles. The Morgan fingerprint density at radius 2 is 1.79 bits per heavy atom. The van der Waals surface area contributed by atoms with Crippen molar-refractivity contribution in [2.24, 2.45) is 0 Å². The summed E-state index contributed by atoms with van der Waals surface area (Å²) >= 11 is 6.05. The van der Waals surface area contributed by atoms with Crippen molar-refractivity contribution in [1.82, 2.24) is 9.88 Å². The lowest BCUT2D eigenvalue weighted by Crippen LogP contribution is -2.35. The van der Waals surface area contributed by atoms with Gasteiger partial charge in [-0.2, -0.15) is 0 Å².